The Morgan fingerprint density at radius 2 is 0.771 bits per heavy atom. The summed E-state index contributed by atoms with van der Waals surface area (Å²) in [5, 5.41) is 8.54. The summed E-state index contributed by atoms with van der Waals surface area (Å²) in [5.41, 5.74) is 0. The second-order valence-corrected chi connectivity index (χ2v) is 6.64. The lowest BCUT2D eigenvalue weighted by Crippen LogP contribution is -2.07. The molecule has 35 heavy (non-hydrogen) atoms. The van der Waals surface area contributed by atoms with Crippen molar-refractivity contribution in [1.82, 2.24) is 0 Å². The van der Waals surface area contributed by atoms with Crippen molar-refractivity contribution in [2.24, 2.45) is 0 Å². The highest BCUT2D eigenvalue weighted by Crippen LogP contribution is 2.13. The van der Waals surface area contributed by atoms with Crippen molar-refractivity contribution in [3.63, 3.8) is 0 Å². The molecule has 0 spiro atoms. The molecule has 0 atom stereocenters. The summed E-state index contributed by atoms with van der Waals surface area (Å²) in [6, 6.07) is 0. The van der Waals surface area contributed by atoms with Crippen molar-refractivity contribution < 1.29 is 14.6 Å². The number of hydrogen-bond donors (Lipinski definition) is 1. The molecule has 0 unspecified atom stereocenters. The number of hydrogen-bond acceptors (Lipinski definition) is 3. The Kier molecular flexibility index (Phi) is 110. The number of esters is 1. The first-order chi connectivity index (χ1) is 17.3. The summed E-state index contributed by atoms with van der Waals surface area (Å²) in [4.78, 5) is 11.2. The molecule has 0 heterocycles. The molecule has 0 saturated heterocycles. The molecule has 3 nitrogen and oxygen atoms in total. The molecule has 210 valence electrons. The molecule has 0 fully saturated rings. The summed E-state index contributed by atoms with van der Waals surface area (Å²) in [6.45, 7) is 38.3. The second-order valence-electron chi connectivity index (χ2n) is 6.64. The van der Waals surface area contributed by atoms with Gasteiger partial charge in [0.1, 0.15) is 6.61 Å². The third-order valence-electron chi connectivity index (χ3n) is 4.34. The standard InChI is InChI=1S/C20H40O3.6C2H4/c1-2-3-4-5-6-7-8-9-10-11-12-13-14-15-16-17-20(22)23-19-18-21;6*1-2/h21H,2-19H2,1H3;6*1-2H2. The van der Waals surface area contributed by atoms with E-state index in [1.807, 2.05) is 0 Å². The second kappa shape index (κ2) is 76.9. The topological polar surface area (TPSA) is 46.5 Å². The zero-order valence-electron chi connectivity index (χ0n) is 24.0. The van der Waals surface area contributed by atoms with Crippen LogP contribution in [-0.4, -0.2) is 24.3 Å². The Morgan fingerprint density at radius 1 is 0.514 bits per heavy atom. The molecule has 0 aliphatic carbocycles. The van der Waals surface area contributed by atoms with Crippen molar-refractivity contribution in [2.45, 2.75) is 110 Å². The summed E-state index contributed by atoms with van der Waals surface area (Å²) >= 11 is 0. The van der Waals surface area contributed by atoms with Gasteiger partial charge in [0, 0.05) is 6.42 Å². The Balaban J connectivity index is -0.000000113. The first-order valence-corrected chi connectivity index (χ1v) is 13.1. The summed E-state index contributed by atoms with van der Waals surface area (Å²) < 4.78 is 4.82. The smallest absolute Gasteiger partial charge is 0.305 e. The predicted octanol–water partition coefficient (Wildman–Crippen LogP) is 10.6. The van der Waals surface area contributed by atoms with Crippen LogP contribution in [0.1, 0.15) is 110 Å². The molecule has 0 bridgehead atoms. The first kappa shape index (κ1) is 49.9. The third-order valence-corrected chi connectivity index (χ3v) is 4.34. The molecule has 0 saturated carbocycles. The molecule has 0 radical (unpaired) electrons. The largest absolute Gasteiger partial charge is 0.463 e. The molecular weight excluding hydrogens is 432 g/mol. The number of rotatable bonds is 18. The third kappa shape index (κ3) is 79.9. The number of aliphatic hydroxyl groups excluding tert-OH is 1. The van der Waals surface area contributed by atoms with Crippen LogP contribution in [0.2, 0.25) is 0 Å². The van der Waals surface area contributed by atoms with E-state index < -0.39 is 0 Å². The maximum atomic E-state index is 11.2. The van der Waals surface area contributed by atoms with Gasteiger partial charge in [0.2, 0.25) is 0 Å². The van der Waals surface area contributed by atoms with Crippen molar-refractivity contribution in [3.8, 4) is 0 Å². The summed E-state index contributed by atoms with van der Waals surface area (Å²) in [7, 11) is 0. The first-order valence-electron chi connectivity index (χ1n) is 13.1. The average molecular weight is 497 g/mol. The van der Waals surface area contributed by atoms with Gasteiger partial charge >= 0.3 is 5.97 Å². The van der Waals surface area contributed by atoms with E-state index >= 15 is 0 Å². The monoisotopic (exact) mass is 496 g/mol. The normalized spacial score (nSPS) is 7.83. The lowest BCUT2D eigenvalue weighted by Gasteiger charge is -2.04. The van der Waals surface area contributed by atoms with Crippen LogP contribution in [0.25, 0.3) is 0 Å². The predicted molar refractivity (Wildman–Crippen MR) is 165 cm³/mol. The van der Waals surface area contributed by atoms with Gasteiger partial charge in [0.05, 0.1) is 6.61 Å². The van der Waals surface area contributed by atoms with E-state index in [9.17, 15) is 4.79 Å². The van der Waals surface area contributed by atoms with E-state index in [1.165, 1.54) is 83.5 Å². The lowest BCUT2D eigenvalue weighted by molar-refractivity contribution is -0.144. The van der Waals surface area contributed by atoms with Gasteiger partial charge in [-0.1, -0.05) is 96.8 Å². The highest BCUT2D eigenvalue weighted by Gasteiger charge is 2.01. The van der Waals surface area contributed by atoms with Crippen molar-refractivity contribution >= 4 is 5.97 Å². The van der Waals surface area contributed by atoms with Crippen molar-refractivity contribution in [1.29, 1.82) is 0 Å². The van der Waals surface area contributed by atoms with E-state index in [1.54, 1.807) is 0 Å². The molecular formula is C32H64O3. The average Bonchev–Trinajstić information content (AvgIpc) is 2.96. The van der Waals surface area contributed by atoms with Crippen LogP contribution >= 0.6 is 0 Å². The molecule has 1 N–H and O–H groups in total. The lowest BCUT2D eigenvalue weighted by atomic mass is 10.0. The van der Waals surface area contributed by atoms with E-state index in [2.05, 4.69) is 85.9 Å². The highest BCUT2D eigenvalue weighted by atomic mass is 16.5. The highest BCUT2D eigenvalue weighted by molar-refractivity contribution is 5.69. The zero-order valence-corrected chi connectivity index (χ0v) is 24.0. The van der Waals surface area contributed by atoms with E-state index in [0.717, 1.165) is 12.8 Å². The van der Waals surface area contributed by atoms with Gasteiger partial charge < -0.3 is 9.84 Å². The minimum absolute atomic E-state index is 0.0788. The molecule has 0 amide bonds. The van der Waals surface area contributed by atoms with Gasteiger partial charge in [-0.25, -0.2) is 0 Å². The molecule has 0 aromatic heterocycles. The summed E-state index contributed by atoms with van der Waals surface area (Å²) in [5.74, 6) is -0.172. The van der Waals surface area contributed by atoms with Gasteiger partial charge in [-0.2, -0.15) is 0 Å². The van der Waals surface area contributed by atoms with Crippen LogP contribution in [-0.2, 0) is 9.53 Å². The van der Waals surface area contributed by atoms with Gasteiger partial charge in [-0.15, -0.1) is 78.9 Å². The van der Waals surface area contributed by atoms with E-state index in [-0.39, 0.29) is 19.2 Å². The van der Waals surface area contributed by atoms with E-state index in [4.69, 9.17) is 9.84 Å². The van der Waals surface area contributed by atoms with Gasteiger partial charge in [0.15, 0.2) is 0 Å². The van der Waals surface area contributed by atoms with Crippen molar-refractivity contribution in [3.05, 3.63) is 78.9 Å². The fourth-order valence-corrected chi connectivity index (χ4v) is 2.87. The van der Waals surface area contributed by atoms with Crippen LogP contribution in [0.4, 0.5) is 0 Å². The molecule has 3 heteroatoms. The molecule has 0 aromatic carbocycles. The molecule has 0 aromatic rings. The minimum Gasteiger partial charge on any atom is -0.463 e. The summed E-state index contributed by atoms with van der Waals surface area (Å²) in [6.07, 6.45) is 20.4. The fraction of sp³-hybridized carbons (Fsp3) is 0.594. The zero-order chi connectivity index (χ0) is 29.0. The number of carbonyl (C=O) groups excluding carboxylic acids is 1. The van der Waals surface area contributed by atoms with Gasteiger partial charge in [0.25, 0.3) is 0 Å². The SMILES string of the molecule is C=C.C=C.C=C.C=C.C=C.C=C.CCCCCCCCCCCCCCCCCC(=O)OCCO. The van der Waals surface area contributed by atoms with Crippen LogP contribution in [0.5, 0.6) is 0 Å². The quantitative estimate of drug-likeness (QED) is 0.117. The number of unbranched alkanes of at least 4 members (excludes halogenated alkanes) is 14. The maximum absolute atomic E-state index is 11.2. The van der Waals surface area contributed by atoms with Crippen LogP contribution in [0, 0.1) is 0 Å². The Hall–Kier alpha value is -2.13. The molecule has 0 aliphatic rings. The fourth-order valence-electron chi connectivity index (χ4n) is 2.87. The van der Waals surface area contributed by atoms with E-state index in [0.29, 0.717) is 6.42 Å². The number of ether oxygens (including phenoxy) is 1. The molecule has 0 rings (SSSR count). The van der Waals surface area contributed by atoms with Gasteiger partial charge in [-0.05, 0) is 6.42 Å². The molecule has 0 aliphatic heterocycles. The van der Waals surface area contributed by atoms with Crippen LogP contribution in [0.15, 0.2) is 78.9 Å². The van der Waals surface area contributed by atoms with Gasteiger partial charge in [-0.3, -0.25) is 4.79 Å². The minimum atomic E-state index is -0.172. The van der Waals surface area contributed by atoms with Crippen LogP contribution in [0.3, 0.4) is 0 Å². The van der Waals surface area contributed by atoms with Crippen molar-refractivity contribution in [2.75, 3.05) is 13.2 Å². The number of aliphatic hydroxyl groups is 1. The Bertz CT molecular complexity index is 302. The Labute approximate surface area is 222 Å². The van der Waals surface area contributed by atoms with Crippen LogP contribution < -0.4 is 0 Å². The maximum Gasteiger partial charge on any atom is 0.305 e. The number of carbonyl (C=O) groups is 1. The Morgan fingerprint density at radius 3 is 1.03 bits per heavy atom.